The van der Waals surface area contributed by atoms with Crippen LogP contribution in [0.15, 0.2) is 279 Å². The highest BCUT2D eigenvalue weighted by Crippen LogP contribution is 2.50. The molecular weight excluding hydrogens is 989 g/mol. The first kappa shape index (κ1) is 46.0. The average molecular weight is 1040 g/mol. The summed E-state index contributed by atoms with van der Waals surface area (Å²) in [6.45, 7) is 0. The van der Waals surface area contributed by atoms with E-state index in [1.807, 2.05) is 72.8 Å². The molecule has 0 bridgehead atoms. The van der Waals surface area contributed by atoms with E-state index in [9.17, 15) is 0 Å². The largest absolute Gasteiger partial charge is 0.308 e. The molecule has 8 heteroatoms. The minimum atomic E-state index is 0.606. The average Bonchev–Trinajstić information content (AvgIpc) is 3.63. The summed E-state index contributed by atoms with van der Waals surface area (Å²) in [5, 5.41) is 7.01. The first-order valence-electron chi connectivity index (χ1n) is 27.3. The van der Waals surface area contributed by atoms with E-state index in [1.54, 1.807) is 0 Å². The molecule has 16 aromatic rings. The van der Waals surface area contributed by atoms with Gasteiger partial charge < -0.3 is 13.7 Å². The molecule has 0 fully saturated rings. The van der Waals surface area contributed by atoms with Crippen LogP contribution in [-0.2, 0) is 0 Å². The lowest BCUT2D eigenvalue weighted by Crippen LogP contribution is -2.00. The molecule has 0 unspecified atom stereocenters. The highest BCUT2D eigenvalue weighted by Gasteiger charge is 2.29. The lowest BCUT2D eigenvalue weighted by atomic mass is 10.0. The van der Waals surface area contributed by atoms with Crippen molar-refractivity contribution in [1.29, 1.82) is 0 Å². The van der Waals surface area contributed by atoms with Gasteiger partial charge in [0, 0.05) is 82.8 Å². The van der Waals surface area contributed by atoms with Crippen molar-refractivity contribution in [2.45, 2.75) is 0 Å². The third-order valence-electron chi connectivity index (χ3n) is 15.7. The van der Waals surface area contributed by atoms with E-state index in [0.717, 1.165) is 111 Å². The molecule has 0 aliphatic heterocycles. The molecule has 0 radical (unpaired) electrons. The maximum absolute atomic E-state index is 5.21. The van der Waals surface area contributed by atoms with Crippen molar-refractivity contribution < 1.29 is 0 Å². The number of hydrogen-bond acceptors (Lipinski definition) is 5. The van der Waals surface area contributed by atoms with Gasteiger partial charge in [-0.25, -0.2) is 24.9 Å². The zero-order chi connectivity index (χ0) is 53.4. The molecule has 81 heavy (non-hydrogen) atoms. The molecule has 5 aromatic heterocycles. The van der Waals surface area contributed by atoms with E-state index in [4.69, 9.17) is 24.9 Å². The summed E-state index contributed by atoms with van der Waals surface area (Å²) in [4.78, 5) is 25.6. The standard InChI is InChI=1S/C73H46N8/c1-6-22-47(23-7-1)59-46-60(48-24-8-2-9-25-48)75-70(74-59)51-38-42-54(43-39-51)80-63-37-21-18-34-58(63)66-68(80)64-56-32-16-19-35-61(56)79(53-30-14-5-15-31-53)67(64)65-57-33-17-20-36-62(57)81(69(65)66)55-44-40-52(41-45-55)73-77-71(49-26-10-3-11-27-49)76-72(78-73)50-28-12-4-13-29-50/h1-46H. The Bertz CT molecular complexity index is 4740. The van der Waals surface area contributed by atoms with Crippen molar-refractivity contribution in [2.24, 2.45) is 0 Å². The molecule has 8 nitrogen and oxygen atoms in total. The normalized spacial score (nSPS) is 11.7. The lowest BCUT2D eigenvalue weighted by molar-refractivity contribution is 1.07. The third-order valence-corrected chi connectivity index (χ3v) is 15.7. The number of benzene rings is 11. The van der Waals surface area contributed by atoms with Gasteiger partial charge in [-0.3, -0.25) is 0 Å². The van der Waals surface area contributed by atoms with Crippen molar-refractivity contribution in [3.63, 3.8) is 0 Å². The Morgan fingerprint density at radius 1 is 0.210 bits per heavy atom. The Morgan fingerprint density at radius 2 is 0.469 bits per heavy atom. The molecule has 0 amide bonds. The van der Waals surface area contributed by atoms with E-state index in [2.05, 4.69) is 220 Å². The molecule has 378 valence electrons. The van der Waals surface area contributed by atoms with Gasteiger partial charge in [-0.2, -0.15) is 0 Å². The van der Waals surface area contributed by atoms with Crippen LogP contribution < -0.4 is 0 Å². The maximum atomic E-state index is 5.21. The zero-order valence-corrected chi connectivity index (χ0v) is 43.6. The molecule has 16 rings (SSSR count). The molecule has 0 N–H and O–H groups in total. The Balaban J connectivity index is 0.961. The number of rotatable bonds is 9. The van der Waals surface area contributed by atoms with Crippen LogP contribution in [0.25, 0.3) is 151 Å². The molecule has 11 aromatic carbocycles. The second-order valence-electron chi connectivity index (χ2n) is 20.4. The molecule has 0 aliphatic carbocycles. The van der Waals surface area contributed by atoms with Crippen molar-refractivity contribution in [3.05, 3.63) is 279 Å². The number of aromatic nitrogens is 8. The summed E-state index contributed by atoms with van der Waals surface area (Å²) in [6, 6.07) is 98.1. The summed E-state index contributed by atoms with van der Waals surface area (Å²) < 4.78 is 7.44. The molecule has 0 spiro atoms. The fourth-order valence-corrected chi connectivity index (χ4v) is 12.1. The van der Waals surface area contributed by atoms with Crippen molar-refractivity contribution in [3.8, 4) is 85.1 Å². The minimum absolute atomic E-state index is 0.606. The fourth-order valence-electron chi connectivity index (χ4n) is 12.1. The fraction of sp³-hybridized carbons (Fsp3) is 0. The summed E-state index contributed by atoms with van der Waals surface area (Å²) in [6.07, 6.45) is 0. The number of hydrogen-bond donors (Lipinski definition) is 0. The zero-order valence-electron chi connectivity index (χ0n) is 43.6. The second kappa shape index (κ2) is 18.8. The van der Waals surface area contributed by atoms with Crippen LogP contribution in [0.1, 0.15) is 0 Å². The van der Waals surface area contributed by atoms with Crippen LogP contribution in [0.2, 0.25) is 0 Å². The molecule has 0 saturated carbocycles. The van der Waals surface area contributed by atoms with Gasteiger partial charge in [0.05, 0.1) is 44.5 Å². The van der Waals surface area contributed by atoms with E-state index >= 15 is 0 Å². The molecule has 0 atom stereocenters. The topological polar surface area (TPSA) is 79.2 Å². The first-order chi connectivity index (χ1) is 40.2. The third kappa shape index (κ3) is 7.57. The van der Waals surface area contributed by atoms with E-state index < -0.39 is 0 Å². The number of nitrogens with zero attached hydrogens (tertiary/aromatic N) is 8. The van der Waals surface area contributed by atoms with E-state index in [0.29, 0.717) is 23.3 Å². The van der Waals surface area contributed by atoms with Gasteiger partial charge in [0.15, 0.2) is 23.3 Å². The smallest absolute Gasteiger partial charge is 0.164 e. The Kier molecular flexibility index (Phi) is 10.7. The summed E-state index contributed by atoms with van der Waals surface area (Å²) in [7, 11) is 0. The quantitative estimate of drug-likeness (QED) is 0.144. The van der Waals surface area contributed by atoms with E-state index in [-0.39, 0.29) is 0 Å². The van der Waals surface area contributed by atoms with Crippen molar-refractivity contribution in [1.82, 2.24) is 38.6 Å². The molecule has 5 heterocycles. The second-order valence-corrected chi connectivity index (χ2v) is 20.4. The van der Waals surface area contributed by atoms with Gasteiger partial charge in [-0.05, 0) is 84.9 Å². The Morgan fingerprint density at radius 3 is 0.815 bits per heavy atom. The lowest BCUT2D eigenvalue weighted by Gasteiger charge is -2.14. The summed E-state index contributed by atoms with van der Waals surface area (Å²) in [5.74, 6) is 2.52. The summed E-state index contributed by atoms with van der Waals surface area (Å²) in [5.41, 5.74) is 17.4. The van der Waals surface area contributed by atoms with E-state index in [1.165, 1.54) is 16.2 Å². The molecular formula is C73H46N8. The first-order valence-corrected chi connectivity index (χ1v) is 27.3. The number of para-hydroxylation sites is 4. The van der Waals surface area contributed by atoms with Gasteiger partial charge in [0.2, 0.25) is 0 Å². The monoisotopic (exact) mass is 1030 g/mol. The van der Waals surface area contributed by atoms with Gasteiger partial charge in [-0.15, -0.1) is 0 Å². The van der Waals surface area contributed by atoms with Gasteiger partial charge in [-0.1, -0.05) is 194 Å². The van der Waals surface area contributed by atoms with Crippen LogP contribution in [0.5, 0.6) is 0 Å². The molecule has 0 saturated heterocycles. The van der Waals surface area contributed by atoms with Crippen LogP contribution in [0, 0.1) is 0 Å². The van der Waals surface area contributed by atoms with Crippen LogP contribution in [0.3, 0.4) is 0 Å². The van der Waals surface area contributed by atoms with Crippen LogP contribution >= 0.6 is 0 Å². The summed E-state index contributed by atoms with van der Waals surface area (Å²) >= 11 is 0. The SMILES string of the molecule is c1ccc(-c2cc(-c3ccccc3)nc(-c3ccc(-n4c5ccccc5c5c4c4c6ccccc6n(-c6ccccc6)c4c4c6ccccc6n(-c6ccc(-c7nc(-c8ccccc8)nc(-c8ccccc8)n7)cc6)c45)cc3)n2)cc1. The van der Waals surface area contributed by atoms with Gasteiger partial charge >= 0.3 is 0 Å². The highest BCUT2D eigenvalue weighted by molar-refractivity contribution is 6.40. The van der Waals surface area contributed by atoms with Gasteiger partial charge in [0.1, 0.15) is 0 Å². The maximum Gasteiger partial charge on any atom is 0.164 e. The van der Waals surface area contributed by atoms with Gasteiger partial charge in [0.25, 0.3) is 0 Å². The minimum Gasteiger partial charge on any atom is -0.308 e. The number of fused-ring (bicyclic) bond motifs is 12. The van der Waals surface area contributed by atoms with Crippen LogP contribution in [0.4, 0.5) is 0 Å². The van der Waals surface area contributed by atoms with Crippen molar-refractivity contribution >= 4 is 65.4 Å². The molecule has 0 aliphatic rings. The Labute approximate surface area is 465 Å². The van der Waals surface area contributed by atoms with Crippen LogP contribution in [-0.4, -0.2) is 38.6 Å². The highest BCUT2D eigenvalue weighted by atomic mass is 15.1. The van der Waals surface area contributed by atoms with Crippen molar-refractivity contribution in [2.75, 3.05) is 0 Å². The predicted octanol–water partition coefficient (Wildman–Crippen LogP) is 18.0. The Hall–Kier alpha value is -11.1. The predicted molar refractivity (Wildman–Crippen MR) is 331 cm³/mol.